The molecule has 160 valence electrons. The number of thiocarbonyl (C=S) groups is 1. The summed E-state index contributed by atoms with van der Waals surface area (Å²) in [4.78, 5) is 27.3. The van der Waals surface area contributed by atoms with Crippen molar-refractivity contribution in [3.05, 3.63) is 94.9 Å². The van der Waals surface area contributed by atoms with Crippen LogP contribution in [0.1, 0.15) is 17.5 Å². The zero-order valence-electron chi connectivity index (χ0n) is 17.6. The summed E-state index contributed by atoms with van der Waals surface area (Å²) in [6.45, 7) is 2.27. The summed E-state index contributed by atoms with van der Waals surface area (Å²) in [5, 5.41) is 2.89. The molecular weight excluding hydrogens is 436 g/mol. The molecule has 0 spiro atoms. The first kappa shape index (κ1) is 22.0. The first-order valence-electron chi connectivity index (χ1n) is 10.3. The number of amides is 2. The predicted octanol–water partition coefficient (Wildman–Crippen LogP) is 5.89. The number of thioether (sulfide) groups is 1. The number of nitrogens with one attached hydrogen (secondary N) is 1. The lowest BCUT2D eigenvalue weighted by Crippen LogP contribution is -2.31. The maximum atomic E-state index is 12.7. The molecule has 0 bridgehead atoms. The van der Waals surface area contributed by atoms with E-state index in [0.717, 1.165) is 27.9 Å². The van der Waals surface area contributed by atoms with Crippen LogP contribution < -0.4 is 5.32 Å². The van der Waals surface area contributed by atoms with Crippen LogP contribution in [0.3, 0.4) is 0 Å². The molecule has 3 aromatic carbocycles. The van der Waals surface area contributed by atoms with Crippen molar-refractivity contribution in [2.75, 3.05) is 11.9 Å². The number of aryl methyl sites for hydroxylation is 1. The monoisotopic (exact) mass is 458 g/mol. The molecule has 3 aromatic rings. The highest BCUT2D eigenvalue weighted by Crippen LogP contribution is 2.32. The summed E-state index contributed by atoms with van der Waals surface area (Å²) < 4.78 is 0.480. The van der Waals surface area contributed by atoms with E-state index >= 15 is 0 Å². The fourth-order valence-corrected chi connectivity index (χ4v) is 4.63. The Kier molecular flexibility index (Phi) is 6.83. The Bertz CT molecular complexity index is 1170. The van der Waals surface area contributed by atoms with Gasteiger partial charge in [0.2, 0.25) is 5.91 Å². The Labute approximate surface area is 197 Å². The first-order chi connectivity index (χ1) is 15.5. The molecule has 4 nitrogen and oxygen atoms in total. The summed E-state index contributed by atoms with van der Waals surface area (Å²) in [6.07, 6.45) is 2.01. The van der Waals surface area contributed by atoms with E-state index in [1.807, 2.05) is 91.9 Å². The van der Waals surface area contributed by atoms with Crippen molar-refractivity contribution in [1.82, 2.24) is 4.90 Å². The standard InChI is InChI=1S/C26H22N2O2S2/c1-18-7-9-19(10-8-18)17-23-25(30)28(26(31)32-23)16-15-24(29)27-22-13-11-21(12-14-22)20-5-3-2-4-6-20/h2-14,17H,15-16H2,1H3,(H,27,29). The van der Waals surface area contributed by atoms with Gasteiger partial charge in [-0.25, -0.2) is 0 Å². The molecule has 0 atom stereocenters. The third kappa shape index (κ3) is 5.33. The van der Waals surface area contributed by atoms with Crippen LogP contribution >= 0.6 is 24.0 Å². The van der Waals surface area contributed by atoms with E-state index in [4.69, 9.17) is 12.2 Å². The van der Waals surface area contributed by atoms with Gasteiger partial charge >= 0.3 is 0 Å². The zero-order chi connectivity index (χ0) is 22.5. The molecule has 0 saturated carbocycles. The van der Waals surface area contributed by atoms with Gasteiger partial charge in [0.25, 0.3) is 5.91 Å². The van der Waals surface area contributed by atoms with Gasteiger partial charge in [0.15, 0.2) is 0 Å². The van der Waals surface area contributed by atoms with Gasteiger partial charge in [0, 0.05) is 18.7 Å². The number of hydrogen-bond donors (Lipinski definition) is 1. The third-order valence-electron chi connectivity index (χ3n) is 5.09. The lowest BCUT2D eigenvalue weighted by Gasteiger charge is -2.14. The molecule has 6 heteroatoms. The van der Waals surface area contributed by atoms with E-state index in [2.05, 4.69) is 5.32 Å². The second-order valence-corrected chi connectivity index (χ2v) is 9.16. The number of hydrogen-bond acceptors (Lipinski definition) is 4. The summed E-state index contributed by atoms with van der Waals surface area (Å²) in [6, 6.07) is 25.7. The summed E-state index contributed by atoms with van der Waals surface area (Å²) in [5.41, 5.74) is 5.04. The average Bonchev–Trinajstić information content (AvgIpc) is 3.07. The van der Waals surface area contributed by atoms with Crippen molar-refractivity contribution in [2.45, 2.75) is 13.3 Å². The number of nitrogens with zero attached hydrogens (tertiary/aromatic N) is 1. The number of benzene rings is 3. The molecule has 0 radical (unpaired) electrons. The van der Waals surface area contributed by atoms with Gasteiger partial charge in [-0.15, -0.1) is 0 Å². The van der Waals surface area contributed by atoms with Gasteiger partial charge in [0.05, 0.1) is 4.91 Å². The topological polar surface area (TPSA) is 49.4 Å². The Balaban J connectivity index is 1.33. The highest BCUT2D eigenvalue weighted by atomic mass is 32.2. The zero-order valence-corrected chi connectivity index (χ0v) is 19.2. The van der Waals surface area contributed by atoms with Crippen molar-refractivity contribution >= 4 is 51.9 Å². The maximum absolute atomic E-state index is 12.7. The van der Waals surface area contributed by atoms with Gasteiger partial charge in [0.1, 0.15) is 4.32 Å². The highest BCUT2D eigenvalue weighted by molar-refractivity contribution is 8.26. The SMILES string of the molecule is Cc1ccc(C=C2SC(=S)N(CCC(=O)Nc3ccc(-c4ccccc4)cc3)C2=O)cc1. The van der Waals surface area contributed by atoms with E-state index in [0.29, 0.717) is 9.23 Å². The third-order valence-corrected chi connectivity index (χ3v) is 6.46. The molecule has 2 amide bonds. The van der Waals surface area contributed by atoms with E-state index < -0.39 is 0 Å². The minimum Gasteiger partial charge on any atom is -0.326 e. The second-order valence-electron chi connectivity index (χ2n) is 7.49. The Hall–Kier alpha value is -3.22. The van der Waals surface area contributed by atoms with Crippen LogP contribution in [0.15, 0.2) is 83.8 Å². The Morgan fingerprint density at radius 2 is 1.62 bits per heavy atom. The van der Waals surface area contributed by atoms with Crippen molar-refractivity contribution in [1.29, 1.82) is 0 Å². The molecule has 1 aliphatic heterocycles. The van der Waals surface area contributed by atoms with Gasteiger partial charge in [-0.2, -0.15) is 0 Å². The summed E-state index contributed by atoms with van der Waals surface area (Å²) >= 11 is 6.64. The lowest BCUT2D eigenvalue weighted by molar-refractivity contribution is -0.122. The molecule has 1 N–H and O–H groups in total. The summed E-state index contributed by atoms with van der Waals surface area (Å²) in [7, 11) is 0. The predicted molar refractivity (Wildman–Crippen MR) is 136 cm³/mol. The van der Waals surface area contributed by atoms with Gasteiger partial charge in [-0.1, -0.05) is 96.3 Å². The number of carbonyl (C=O) groups is 2. The maximum Gasteiger partial charge on any atom is 0.266 e. The summed E-state index contributed by atoms with van der Waals surface area (Å²) in [5.74, 6) is -0.311. The Morgan fingerprint density at radius 1 is 0.969 bits per heavy atom. The van der Waals surface area contributed by atoms with E-state index in [1.54, 1.807) is 0 Å². The van der Waals surface area contributed by atoms with Crippen LogP contribution in [0.2, 0.25) is 0 Å². The fourth-order valence-electron chi connectivity index (χ4n) is 3.32. The van der Waals surface area contributed by atoms with Crippen molar-refractivity contribution in [3.63, 3.8) is 0 Å². The average molecular weight is 459 g/mol. The first-order valence-corrected chi connectivity index (χ1v) is 11.5. The van der Waals surface area contributed by atoms with Crippen LogP contribution in [0.5, 0.6) is 0 Å². The minimum absolute atomic E-state index is 0.152. The lowest BCUT2D eigenvalue weighted by atomic mass is 10.1. The largest absolute Gasteiger partial charge is 0.326 e. The molecule has 1 aliphatic rings. The molecule has 0 unspecified atom stereocenters. The molecule has 32 heavy (non-hydrogen) atoms. The van der Waals surface area contributed by atoms with Crippen LogP contribution in [0.25, 0.3) is 17.2 Å². The molecule has 0 aromatic heterocycles. The molecule has 1 heterocycles. The van der Waals surface area contributed by atoms with E-state index in [9.17, 15) is 9.59 Å². The molecule has 4 rings (SSSR count). The Morgan fingerprint density at radius 3 is 2.31 bits per heavy atom. The molecular formula is C26H22N2O2S2. The number of anilines is 1. The molecule has 0 aliphatic carbocycles. The van der Waals surface area contributed by atoms with Gasteiger partial charge in [-0.3, -0.25) is 14.5 Å². The van der Waals surface area contributed by atoms with Gasteiger partial charge in [-0.05, 0) is 41.8 Å². The van der Waals surface area contributed by atoms with Gasteiger partial charge < -0.3 is 5.32 Å². The minimum atomic E-state index is -0.158. The highest BCUT2D eigenvalue weighted by Gasteiger charge is 2.32. The second kappa shape index (κ2) is 9.94. The van der Waals surface area contributed by atoms with Crippen LogP contribution in [-0.4, -0.2) is 27.6 Å². The van der Waals surface area contributed by atoms with Crippen LogP contribution in [0, 0.1) is 6.92 Å². The van der Waals surface area contributed by atoms with Crippen molar-refractivity contribution in [2.24, 2.45) is 0 Å². The quantitative estimate of drug-likeness (QED) is 0.370. The number of carbonyl (C=O) groups excluding carboxylic acids is 2. The van der Waals surface area contributed by atoms with E-state index in [-0.39, 0.29) is 24.8 Å². The number of rotatable bonds is 6. The fraction of sp³-hybridized carbons (Fsp3) is 0.115. The molecule has 1 fully saturated rings. The smallest absolute Gasteiger partial charge is 0.266 e. The van der Waals surface area contributed by atoms with Crippen molar-refractivity contribution in [3.8, 4) is 11.1 Å². The van der Waals surface area contributed by atoms with Crippen LogP contribution in [0.4, 0.5) is 5.69 Å². The van der Waals surface area contributed by atoms with Crippen molar-refractivity contribution < 1.29 is 9.59 Å². The van der Waals surface area contributed by atoms with Crippen LogP contribution in [-0.2, 0) is 9.59 Å². The molecule has 1 saturated heterocycles. The normalized spacial score (nSPS) is 14.8. The van der Waals surface area contributed by atoms with E-state index in [1.165, 1.54) is 16.7 Å².